The van der Waals surface area contributed by atoms with Gasteiger partial charge in [-0.15, -0.1) is 0 Å². The lowest BCUT2D eigenvalue weighted by atomic mass is 10.2. The molecule has 110 valence electrons. The summed E-state index contributed by atoms with van der Waals surface area (Å²) in [6.45, 7) is -0.327. The number of hydrogen-bond donors (Lipinski definition) is 2. The second-order valence-electron chi connectivity index (χ2n) is 4.55. The van der Waals surface area contributed by atoms with E-state index in [-0.39, 0.29) is 13.0 Å². The number of nitrogens with zero attached hydrogens (tertiary/aromatic N) is 2. The van der Waals surface area contributed by atoms with Gasteiger partial charge in [0.05, 0.1) is 18.3 Å². The maximum atomic E-state index is 12.1. The number of rotatable bonds is 3. The van der Waals surface area contributed by atoms with E-state index < -0.39 is 29.7 Å². The highest BCUT2D eigenvalue weighted by Crippen LogP contribution is 2.27. The summed E-state index contributed by atoms with van der Waals surface area (Å²) in [7, 11) is 1.38. The van der Waals surface area contributed by atoms with Crippen LogP contribution in [-0.2, 0) is 11.8 Å². The van der Waals surface area contributed by atoms with Crippen molar-refractivity contribution in [2.24, 2.45) is 7.05 Å². The van der Waals surface area contributed by atoms with E-state index >= 15 is 0 Å². The van der Waals surface area contributed by atoms with Crippen LogP contribution in [0.5, 0.6) is 0 Å². The van der Waals surface area contributed by atoms with Gasteiger partial charge in [0.2, 0.25) is 0 Å². The fraction of sp³-hybridized carbons (Fsp3) is 0.500. The van der Waals surface area contributed by atoms with E-state index in [0.717, 1.165) is 4.57 Å². The van der Waals surface area contributed by atoms with Crippen LogP contribution in [0.15, 0.2) is 20.8 Å². The molecule has 3 atom stereocenters. The third kappa shape index (κ3) is 2.64. The van der Waals surface area contributed by atoms with E-state index in [4.69, 9.17) is 9.84 Å². The lowest BCUT2D eigenvalue weighted by Crippen LogP contribution is -2.40. The van der Waals surface area contributed by atoms with Crippen LogP contribution in [0.3, 0.4) is 0 Å². The summed E-state index contributed by atoms with van der Waals surface area (Å²) in [4.78, 5) is 25.5. The minimum Gasteiger partial charge on any atom is -0.394 e. The van der Waals surface area contributed by atoms with Gasteiger partial charge in [-0.25, -0.2) is 4.79 Å². The molecule has 0 saturated carbocycles. The molecule has 1 aliphatic heterocycles. The molecule has 0 spiro atoms. The first-order valence-electron chi connectivity index (χ1n) is 6.03. The average molecular weight is 347 g/mol. The van der Waals surface area contributed by atoms with Crippen LogP contribution in [0, 0.1) is 0 Å². The van der Waals surface area contributed by atoms with Gasteiger partial charge in [-0.05, 0) is 11.1 Å². The maximum Gasteiger partial charge on any atom is 0.332 e. The molecule has 1 fully saturated rings. The molecular weight excluding hydrogens is 332 g/mol. The van der Waals surface area contributed by atoms with Crippen molar-refractivity contribution in [1.82, 2.24) is 9.13 Å². The van der Waals surface area contributed by atoms with E-state index in [1.165, 1.54) is 28.9 Å². The normalized spacial score (nSPS) is 26.5. The third-order valence-corrected chi connectivity index (χ3v) is 3.54. The molecular formula is C12H15BrN2O5. The highest BCUT2D eigenvalue weighted by molar-refractivity contribution is 9.11. The third-order valence-electron chi connectivity index (χ3n) is 3.27. The molecule has 1 aromatic rings. The Morgan fingerprint density at radius 2 is 2.25 bits per heavy atom. The van der Waals surface area contributed by atoms with Crippen molar-refractivity contribution >= 4 is 22.0 Å². The van der Waals surface area contributed by atoms with Crippen molar-refractivity contribution in [2.45, 2.75) is 24.9 Å². The molecule has 0 radical (unpaired) electrons. The number of hydrogen-bond acceptors (Lipinski definition) is 5. The monoisotopic (exact) mass is 346 g/mol. The molecule has 0 bridgehead atoms. The van der Waals surface area contributed by atoms with Crippen LogP contribution < -0.4 is 11.2 Å². The number of ether oxygens (including phenoxy) is 1. The largest absolute Gasteiger partial charge is 0.394 e. The van der Waals surface area contributed by atoms with Gasteiger partial charge >= 0.3 is 5.69 Å². The molecule has 1 aliphatic rings. The Hall–Kier alpha value is -1.22. The smallest absolute Gasteiger partial charge is 0.332 e. The summed E-state index contributed by atoms with van der Waals surface area (Å²) in [5, 5.41) is 18.8. The lowest BCUT2D eigenvalue weighted by molar-refractivity contribution is -0.0462. The SMILES string of the molecule is Cn1c(=O)c(/C=C/Br)cn([C@H]2C[C@H](O)[C@@H](CO)O2)c1=O. The topological polar surface area (TPSA) is 93.7 Å². The molecule has 7 nitrogen and oxygen atoms in total. The van der Waals surface area contributed by atoms with Gasteiger partial charge in [-0.2, -0.15) is 0 Å². The highest BCUT2D eigenvalue weighted by atomic mass is 79.9. The first kappa shape index (κ1) is 15.2. The summed E-state index contributed by atoms with van der Waals surface area (Å²) < 4.78 is 7.66. The zero-order valence-corrected chi connectivity index (χ0v) is 12.4. The van der Waals surface area contributed by atoms with Crippen LogP contribution in [0.25, 0.3) is 6.08 Å². The molecule has 2 N–H and O–H groups in total. The average Bonchev–Trinajstić information content (AvgIpc) is 2.80. The van der Waals surface area contributed by atoms with E-state index in [9.17, 15) is 14.7 Å². The summed E-state index contributed by atoms with van der Waals surface area (Å²) >= 11 is 3.08. The summed E-state index contributed by atoms with van der Waals surface area (Å²) in [5.41, 5.74) is -0.633. The Kier molecular flexibility index (Phi) is 4.59. The fourth-order valence-electron chi connectivity index (χ4n) is 2.15. The standard InChI is InChI=1S/C12H15BrN2O5/c1-14-11(18)7(2-3-13)5-15(12(14)19)10-4-8(17)9(6-16)20-10/h2-3,5,8-10,16-17H,4,6H2,1H3/b3-2+/t8-,9+,10+/m0/s1. The quantitative estimate of drug-likeness (QED) is 0.773. The van der Waals surface area contributed by atoms with Gasteiger partial charge in [0, 0.05) is 19.7 Å². The van der Waals surface area contributed by atoms with Crippen LogP contribution in [0.1, 0.15) is 18.2 Å². The van der Waals surface area contributed by atoms with Gasteiger partial charge in [0.1, 0.15) is 12.3 Å². The minimum atomic E-state index is -0.843. The van der Waals surface area contributed by atoms with Gasteiger partial charge in [-0.3, -0.25) is 13.9 Å². The molecule has 20 heavy (non-hydrogen) atoms. The second-order valence-corrected chi connectivity index (χ2v) is 5.07. The number of aromatic nitrogens is 2. The molecule has 2 heterocycles. The minimum absolute atomic E-state index is 0.181. The molecule has 1 aromatic heterocycles. The Balaban J connectivity index is 2.48. The zero-order valence-electron chi connectivity index (χ0n) is 10.8. The Morgan fingerprint density at radius 1 is 1.55 bits per heavy atom. The molecule has 2 rings (SSSR count). The van der Waals surface area contributed by atoms with Crippen LogP contribution in [0.4, 0.5) is 0 Å². The van der Waals surface area contributed by atoms with Gasteiger partial charge < -0.3 is 14.9 Å². The highest BCUT2D eigenvalue weighted by Gasteiger charge is 2.35. The fourth-order valence-corrected chi connectivity index (χ4v) is 2.44. The molecule has 0 amide bonds. The van der Waals surface area contributed by atoms with Crippen molar-refractivity contribution in [3.63, 3.8) is 0 Å². The zero-order chi connectivity index (χ0) is 14.9. The van der Waals surface area contributed by atoms with E-state index in [1.54, 1.807) is 0 Å². The van der Waals surface area contributed by atoms with Crippen molar-refractivity contribution in [1.29, 1.82) is 0 Å². The number of aliphatic hydroxyl groups is 2. The van der Waals surface area contributed by atoms with E-state index in [1.807, 2.05) is 0 Å². The van der Waals surface area contributed by atoms with Gasteiger partial charge in [0.25, 0.3) is 5.56 Å². The summed E-state index contributed by atoms with van der Waals surface area (Å²) in [6.07, 6.45) is 0.820. The van der Waals surface area contributed by atoms with E-state index in [0.29, 0.717) is 5.56 Å². The number of aliphatic hydroxyl groups excluding tert-OH is 2. The molecule has 0 aliphatic carbocycles. The number of halogens is 1. The van der Waals surface area contributed by atoms with Crippen molar-refractivity contribution in [2.75, 3.05) is 6.61 Å². The first-order valence-corrected chi connectivity index (χ1v) is 6.94. The van der Waals surface area contributed by atoms with Gasteiger partial charge in [0.15, 0.2) is 0 Å². The van der Waals surface area contributed by atoms with Crippen molar-refractivity contribution in [3.05, 3.63) is 37.6 Å². The van der Waals surface area contributed by atoms with Crippen LogP contribution in [0.2, 0.25) is 0 Å². The predicted molar refractivity (Wildman–Crippen MR) is 75.5 cm³/mol. The first-order chi connectivity index (χ1) is 9.49. The molecule has 1 saturated heterocycles. The van der Waals surface area contributed by atoms with Crippen molar-refractivity contribution in [3.8, 4) is 0 Å². The Bertz CT molecular complexity index is 636. The van der Waals surface area contributed by atoms with Crippen molar-refractivity contribution < 1.29 is 14.9 Å². The molecule has 0 unspecified atom stereocenters. The summed E-state index contributed by atoms with van der Waals surface area (Å²) in [5.74, 6) is 0. The summed E-state index contributed by atoms with van der Waals surface area (Å²) in [6, 6.07) is 0. The van der Waals surface area contributed by atoms with E-state index in [2.05, 4.69) is 15.9 Å². The lowest BCUT2D eigenvalue weighted by Gasteiger charge is -2.16. The molecule has 0 aromatic carbocycles. The van der Waals surface area contributed by atoms with Crippen LogP contribution in [-0.4, -0.2) is 38.2 Å². The Labute approximate surface area is 122 Å². The van der Waals surface area contributed by atoms with Crippen LogP contribution >= 0.6 is 15.9 Å². The molecule has 8 heteroatoms. The van der Waals surface area contributed by atoms with Gasteiger partial charge in [-0.1, -0.05) is 15.9 Å². The Morgan fingerprint density at radius 3 is 2.80 bits per heavy atom. The second kappa shape index (κ2) is 6.04. The maximum absolute atomic E-state index is 12.1. The predicted octanol–water partition coefficient (Wildman–Crippen LogP) is -0.447.